The van der Waals surface area contributed by atoms with E-state index in [2.05, 4.69) is 0 Å². The predicted octanol–water partition coefficient (Wildman–Crippen LogP) is 1.11. The summed E-state index contributed by atoms with van der Waals surface area (Å²) in [6.07, 6.45) is 0. The fourth-order valence-electron chi connectivity index (χ4n) is 1.12. The number of hydrogen-bond acceptors (Lipinski definition) is 3. The van der Waals surface area contributed by atoms with Crippen molar-refractivity contribution in [1.29, 1.82) is 0 Å². The van der Waals surface area contributed by atoms with Crippen LogP contribution < -0.4 is 5.30 Å². The highest BCUT2D eigenvalue weighted by Crippen LogP contribution is 2.58. The van der Waals surface area contributed by atoms with E-state index in [-0.39, 0.29) is 0 Å². The zero-order valence-corrected chi connectivity index (χ0v) is 7.41. The van der Waals surface area contributed by atoms with Gasteiger partial charge in [0, 0.05) is 0 Å². The summed E-state index contributed by atoms with van der Waals surface area (Å²) < 4.78 is 10.3. The topological polar surface area (TPSA) is 38.7 Å². The van der Waals surface area contributed by atoms with Crippen LogP contribution >= 0.6 is 7.94 Å². The van der Waals surface area contributed by atoms with E-state index in [1.165, 1.54) is 0 Å². The molecule has 0 aliphatic carbocycles. The molecule has 0 radical (unpaired) electrons. The number of benzene rings is 1. The molecule has 1 aromatic rings. The molecule has 1 aliphatic rings. The van der Waals surface area contributed by atoms with Crippen LogP contribution in [0.15, 0.2) is 30.3 Å². The summed E-state index contributed by atoms with van der Waals surface area (Å²) in [6, 6.07) is 9.25. The second-order valence-corrected chi connectivity index (χ2v) is 4.60. The molecule has 1 saturated heterocycles. The minimum atomic E-state index is -2.67. The first-order chi connectivity index (χ1) is 5.81. The van der Waals surface area contributed by atoms with E-state index in [1.54, 1.807) is 0 Å². The predicted molar refractivity (Wildman–Crippen MR) is 47.1 cm³/mol. The van der Waals surface area contributed by atoms with Crippen LogP contribution in [0.5, 0.6) is 0 Å². The highest BCUT2D eigenvalue weighted by atomic mass is 31.2. The van der Waals surface area contributed by atoms with Crippen LogP contribution in [-0.4, -0.2) is 18.1 Å². The van der Waals surface area contributed by atoms with E-state index in [9.17, 15) is 4.89 Å². The second kappa shape index (κ2) is 3.11. The van der Waals surface area contributed by atoms with Gasteiger partial charge in [-0.05, 0) is 12.1 Å². The lowest BCUT2D eigenvalue weighted by Gasteiger charge is -2.07. The van der Waals surface area contributed by atoms with E-state index in [0.717, 1.165) is 5.30 Å². The molecule has 1 aromatic carbocycles. The molecule has 64 valence electrons. The summed E-state index contributed by atoms with van der Waals surface area (Å²) in [4.78, 5) is 9.83. The lowest BCUT2D eigenvalue weighted by Crippen LogP contribution is -2.09. The average molecular weight is 185 g/mol. The van der Waals surface area contributed by atoms with Gasteiger partial charge in [-0.2, -0.15) is 13.9 Å². The molecule has 0 atom stereocenters. The number of rotatable bonds is 1. The van der Waals surface area contributed by atoms with Gasteiger partial charge in [0.15, 0.2) is 5.30 Å². The molecular formula is C8H10O3P+. The first kappa shape index (κ1) is 8.14. The maximum absolute atomic E-state index is 9.83. The first-order valence-electron chi connectivity index (χ1n) is 3.78. The molecule has 3 nitrogen and oxygen atoms in total. The maximum atomic E-state index is 9.83. The van der Waals surface area contributed by atoms with E-state index >= 15 is 0 Å². The van der Waals surface area contributed by atoms with Gasteiger partial charge in [-0.25, -0.2) is 0 Å². The van der Waals surface area contributed by atoms with Gasteiger partial charge in [0.25, 0.3) is 0 Å². The zero-order chi connectivity index (χ0) is 8.44. The monoisotopic (exact) mass is 185 g/mol. The van der Waals surface area contributed by atoms with E-state index in [0.29, 0.717) is 13.2 Å². The first-order valence-corrected chi connectivity index (χ1v) is 5.35. The standard InChI is InChI=1S/C8H10O3P/c9-12(10-6-7-11-12)8-4-2-1-3-5-8/h1-5,9H,6-7H2/q+1. The Hall–Kier alpha value is -0.470. The molecule has 0 bridgehead atoms. The van der Waals surface area contributed by atoms with Crippen molar-refractivity contribution in [3.63, 3.8) is 0 Å². The minimum Gasteiger partial charge on any atom is -0.188 e. The second-order valence-electron chi connectivity index (χ2n) is 2.52. The quantitative estimate of drug-likeness (QED) is 0.666. The van der Waals surface area contributed by atoms with Crippen LogP contribution in [0.1, 0.15) is 0 Å². The zero-order valence-electron chi connectivity index (χ0n) is 6.51. The van der Waals surface area contributed by atoms with Crippen LogP contribution in [-0.2, 0) is 9.05 Å². The highest BCUT2D eigenvalue weighted by Gasteiger charge is 2.48. The van der Waals surface area contributed by atoms with Crippen LogP contribution in [0.3, 0.4) is 0 Å². The van der Waals surface area contributed by atoms with Crippen LogP contribution in [0.4, 0.5) is 0 Å². The molecule has 1 aliphatic heterocycles. The van der Waals surface area contributed by atoms with Crippen molar-refractivity contribution in [3.05, 3.63) is 30.3 Å². The Morgan fingerprint density at radius 3 is 2.25 bits per heavy atom. The third-order valence-electron chi connectivity index (χ3n) is 1.70. The third-order valence-corrected chi connectivity index (χ3v) is 3.71. The number of hydrogen-bond donors (Lipinski definition) is 1. The Bertz CT molecular complexity index is 256. The van der Waals surface area contributed by atoms with Gasteiger partial charge < -0.3 is 0 Å². The summed E-state index contributed by atoms with van der Waals surface area (Å²) in [5, 5.41) is 0.752. The molecule has 1 N–H and O–H groups in total. The van der Waals surface area contributed by atoms with E-state index in [4.69, 9.17) is 9.05 Å². The Labute approximate surface area is 71.5 Å². The summed E-state index contributed by atoms with van der Waals surface area (Å²) in [5.41, 5.74) is 0. The summed E-state index contributed by atoms with van der Waals surface area (Å²) >= 11 is 0. The third kappa shape index (κ3) is 1.37. The molecule has 0 spiro atoms. The van der Waals surface area contributed by atoms with E-state index < -0.39 is 7.94 Å². The van der Waals surface area contributed by atoms with Crippen LogP contribution in [0.25, 0.3) is 0 Å². The normalized spacial score (nSPS) is 21.1. The van der Waals surface area contributed by atoms with E-state index in [1.807, 2.05) is 30.3 Å². The van der Waals surface area contributed by atoms with Gasteiger partial charge in [0.1, 0.15) is 13.2 Å². The Balaban J connectivity index is 2.29. The Morgan fingerprint density at radius 1 is 1.08 bits per heavy atom. The smallest absolute Gasteiger partial charge is 0.188 e. The van der Waals surface area contributed by atoms with Crippen molar-refractivity contribution < 1.29 is 13.9 Å². The van der Waals surface area contributed by atoms with Crippen molar-refractivity contribution >= 4 is 13.2 Å². The molecule has 1 fully saturated rings. The molecule has 0 saturated carbocycles. The van der Waals surface area contributed by atoms with Gasteiger partial charge in [-0.1, -0.05) is 18.2 Å². The van der Waals surface area contributed by atoms with Crippen molar-refractivity contribution in [3.8, 4) is 0 Å². The molecule has 0 amide bonds. The SMILES string of the molecule is O[P+]1(c2ccccc2)OCCO1. The van der Waals surface area contributed by atoms with Gasteiger partial charge in [0.2, 0.25) is 0 Å². The average Bonchev–Trinajstić information content (AvgIpc) is 2.55. The molecular weight excluding hydrogens is 175 g/mol. The van der Waals surface area contributed by atoms with Gasteiger partial charge >= 0.3 is 7.94 Å². The van der Waals surface area contributed by atoms with Crippen molar-refractivity contribution in [2.45, 2.75) is 0 Å². The van der Waals surface area contributed by atoms with Crippen molar-refractivity contribution in [2.24, 2.45) is 0 Å². The van der Waals surface area contributed by atoms with Crippen LogP contribution in [0.2, 0.25) is 0 Å². The van der Waals surface area contributed by atoms with Crippen LogP contribution in [0, 0.1) is 0 Å². The largest absolute Gasteiger partial charge is 0.446 e. The highest BCUT2D eigenvalue weighted by molar-refractivity contribution is 7.68. The summed E-state index contributed by atoms with van der Waals surface area (Å²) in [7, 11) is -2.67. The summed E-state index contributed by atoms with van der Waals surface area (Å²) in [5.74, 6) is 0. The molecule has 4 heteroatoms. The Kier molecular flexibility index (Phi) is 2.11. The Morgan fingerprint density at radius 2 is 1.67 bits per heavy atom. The fraction of sp³-hybridized carbons (Fsp3) is 0.250. The van der Waals surface area contributed by atoms with Gasteiger partial charge in [-0.3, -0.25) is 0 Å². The molecule has 12 heavy (non-hydrogen) atoms. The van der Waals surface area contributed by atoms with Crippen molar-refractivity contribution in [2.75, 3.05) is 13.2 Å². The maximum Gasteiger partial charge on any atom is 0.446 e. The fourth-order valence-corrected chi connectivity index (χ4v) is 2.69. The van der Waals surface area contributed by atoms with Gasteiger partial charge in [0.05, 0.1) is 0 Å². The minimum absolute atomic E-state index is 0.485. The van der Waals surface area contributed by atoms with Crippen molar-refractivity contribution in [1.82, 2.24) is 0 Å². The molecule has 0 aromatic heterocycles. The lowest BCUT2D eigenvalue weighted by atomic mass is 10.4. The molecule has 2 rings (SSSR count). The summed E-state index contributed by atoms with van der Waals surface area (Å²) in [6.45, 7) is 0.971. The lowest BCUT2D eigenvalue weighted by molar-refractivity contribution is 0.327. The molecule has 1 heterocycles. The molecule has 0 unspecified atom stereocenters. The van der Waals surface area contributed by atoms with Gasteiger partial charge in [-0.15, -0.1) is 0 Å².